The van der Waals surface area contributed by atoms with Crippen molar-refractivity contribution >= 4 is 28.9 Å². The maximum absolute atomic E-state index is 11.4. The first-order valence-corrected chi connectivity index (χ1v) is 20.0. The van der Waals surface area contributed by atoms with Crippen LogP contribution in [0.15, 0.2) is 103 Å². The zero-order valence-electron chi connectivity index (χ0n) is 34.6. The Morgan fingerprint density at radius 1 is 0.818 bits per heavy atom. The van der Waals surface area contributed by atoms with Crippen LogP contribution < -0.4 is 5.32 Å². The summed E-state index contributed by atoms with van der Waals surface area (Å²) < 4.78 is 4.93. The van der Waals surface area contributed by atoms with Crippen LogP contribution in [0.3, 0.4) is 0 Å². The fourth-order valence-electron chi connectivity index (χ4n) is 5.65. The highest BCUT2D eigenvalue weighted by atomic mass is 32.1. The number of amides is 1. The minimum atomic E-state index is -0.255. The summed E-state index contributed by atoms with van der Waals surface area (Å²) in [7, 11) is 0. The molecule has 0 bridgehead atoms. The Balaban J connectivity index is 0.000000257. The van der Waals surface area contributed by atoms with Gasteiger partial charge in [-0.15, -0.1) is 11.3 Å². The van der Waals surface area contributed by atoms with Gasteiger partial charge in [0.1, 0.15) is 4.88 Å². The van der Waals surface area contributed by atoms with Crippen LogP contribution in [0.5, 0.6) is 0 Å². The number of carbonyl (C=O) groups excluding carboxylic acids is 2. The number of ether oxygens (including phenoxy) is 1. The molecule has 0 fully saturated rings. The number of anilines is 1. The maximum Gasteiger partial charge on any atom is 0.350 e. The number of esters is 1. The molecule has 0 aliphatic rings. The zero-order valence-corrected chi connectivity index (χ0v) is 35.4. The van der Waals surface area contributed by atoms with Crippen LogP contribution in [0.4, 0.5) is 5.69 Å². The Labute approximate surface area is 334 Å². The molecule has 1 amide bonds. The van der Waals surface area contributed by atoms with E-state index in [0.29, 0.717) is 58.7 Å². The third-order valence-electron chi connectivity index (χ3n) is 8.28. The van der Waals surface area contributed by atoms with Crippen LogP contribution in [0.1, 0.15) is 135 Å². The minimum absolute atomic E-state index is 0.0138. The molecule has 1 unspecified atom stereocenters. The van der Waals surface area contributed by atoms with Gasteiger partial charge in [0, 0.05) is 35.8 Å². The third-order valence-corrected chi connectivity index (χ3v) is 9.72. The van der Waals surface area contributed by atoms with Crippen molar-refractivity contribution in [1.82, 2.24) is 9.97 Å². The number of thiazole rings is 1. The van der Waals surface area contributed by atoms with Crippen molar-refractivity contribution in [2.45, 2.75) is 100 Å². The second-order valence-electron chi connectivity index (χ2n) is 14.6. The highest BCUT2D eigenvalue weighted by molar-refractivity contribution is 7.13. The van der Waals surface area contributed by atoms with E-state index in [2.05, 4.69) is 130 Å². The van der Waals surface area contributed by atoms with Crippen molar-refractivity contribution in [2.24, 2.45) is 11.8 Å². The Bertz CT molecular complexity index is 1870. The highest BCUT2D eigenvalue weighted by Crippen LogP contribution is 2.30. The number of hydrogen-bond acceptors (Lipinski definition) is 7. The van der Waals surface area contributed by atoms with Gasteiger partial charge < -0.3 is 10.1 Å². The van der Waals surface area contributed by atoms with Gasteiger partial charge in [-0.25, -0.2) is 9.78 Å². The highest BCUT2D eigenvalue weighted by Gasteiger charge is 2.19. The number of benzene rings is 3. The topological polar surface area (TPSA) is 105 Å². The smallest absolute Gasteiger partial charge is 0.350 e. The Morgan fingerprint density at radius 3 is 1.98 bits per heavy atom. The number of aromatic nitrogens is 2. The lowest BCUT2D eigenvalue weighted by Crippen LogP contribution is -2.13. The SMILES string of the molecule is CC(C)C(c1ccccc1)c1ccccn1.CC(C)CC(=O)Nc1cccc(C#N)c1.CCOC(=O)c1sc(C(C)C)nc1C.Cc1ccccc1C(C)C. The molecule has 3 aromatic carbocycles. The van der Waals surface area contributed by atoms with E-state index in [1.165, 1.54) is 28.0 Å². The van der Waals surface area contributed by atoms with E-state index >= 15 is 0 Å². The fraction of sp³-hybridized carbons (Fsp3) is 0.383. The second-order valence-corrected chi connectivity index (χ2v) is 15.6. The molecular weight excluding hydrogens is 701 g/mol. The van der Waals surface area contributed by atoms with Gasteiger partial charge in [-0.3, -0.25) is 9.78 Å². The largest absolute Gasteiger partial charge is 0.462 e. The molecule has 7 nitrogen and oxygen atoms in total. The van der Waals surface area contributed by atoms with Crippen molar-refractivity contribution in [2.75, 3.05) is 11.9 Å². The maximum atomic E-state index is 11.4. The molecule has 8 heteroatoms. The summed E-state index contributed by atoms with van der Waals surface area (Å²) in [6, 6.07) is 34.2. The van der Waals surface area contributed by atoms with Gasteiger partial charge in [0.15, 0.2) is 0 Å². The molecule has 5 aromatic rings. The Hall–Kier alpha value is -5.13. The number of hydrogen-bond donors (Lipinski definition) is 1. The van der Waals surface area contributed by atoms with E-state index in [9.17, 15) is 9.59 Å². The molecular formula is C47H60N4O3S. The Kier molecular flexibility index (Phi) is 20.3. The number of pyridine rings is 1. The summed E-state index contributed by atoms with van der Waals surface area (Å²) in [5.74, 6) is 2.03. The quantitative estimate of drug-likeness (QED) is 0.142. The lowest BCUT2D eigenvalue weighted by Gasteiger charge is -2.20. The van der Waals surface area contributed by atoms with Gasteiger partial charge in [-0.05, 0) is 85.5 Å². The molecule has 1 N–H and O–H groups in total. The van der Waals surface area contributed by atoms with E-state index in [0.717, 1.165) is 16.4 Å². The average molecular weight is 761 g/mol. The van der Waals surface area contributed by atoms with E-state index < -0.39 is 0 Å². The summed E-state index contributed by atoms with van der Waals surface area (Å²) in [5.41, 5.74) is 7.37. The lowest BCUT2D eigenvalue weighted by atomic mass is 9.85. The number of nitrogens with one attached hydrogen (secondary N) is 1. The molecule has 0 aliphatic heterocycles. The van der Waals surface area contributed by atoms with Gasteiger partial charge in [0.05, 0.1) is 28.9 Å². The summed E-state index contributed by atoms with van der Waals surface area (Å²) in [5, 5.41) is 12.4. The van der Waals surface area contributed by atoms with Crippen LogP contribution in [-0.2, 0) is 9.53 Å². The van der Waals surface area contributed by atoms with Crippen LogP contribution in [0.25, 0.3) is 0 Å². The normalized spacial score (nSPS) is 10.9. The van der Waals surface area contributed by atoms with Gasteiger partial charge in [-0.1, -0.05) is 122 Å². The molecule has 0 aliphatic carbocycles. The van der Waals surface area contributed by atoms with Gasteiger partial charge in [0.25, 0.3) is 0 Å². The summed E-state index contributed by atoms with van der Waals surface area (Å²) in [6.07, 6.45) is 2.37. The van der Waals surface area contributed by atoms with E-state index in [1.54, 1.807) is 31.2 Å². The molecule has 5 rings (SSSR count). The van der Waals surface area contributed by atoms with Crippen LogP contribution in [0, 0.1) is 37.0 Å². The van der Waals surface area contributed by atoms with Crippen molar-refractivity contribution in [1.29, 1.82) is 5.26 Å². The van der Waals surface area contributed by atoms with Crippen molar-refractivity contribution in [3.63, 3.8) is 0 Å². The summed E-state index contributed by atoms with van der Waals surface area (Å²) in [6.45, 7) is 23.3. The number of nitrogens with zero attached hydrogens (tertiary/aromatic N) is 3. The predicted molar refractivity (Wildman–Crippen MR) is 229 cm³/mol. The first kappa shape index (κ1) is 46.0. The number of nitriles is 1. The van der Waals surface area contributed by atoms with Gasteiger partial charge in [-0.2, -0.15) is 5.26 Å². The molecule has 1 atom stereocenters. The minimum Gasteiger partial charge on any atom is -0.462 e. The standard InChI is InChI=1S/C15H17N.C12H14N2O.C10H15NO2S.C10H14/c1-12(2)15(13-8-4-3-5-9-13)14-10-6-7-11-16-14;1-9(2)6-12(15)14-11-5-3-4-10(7-11)8-13;1-5-13-10(12)8-7(4)11-9(14-8)6(2)3;1-8(2)10-7-5-4-6-9(10)3/h3-12,15H,1-2H3;3-5,7,9H,6H2,1-2H3,(H,14,15);6H,5H2,1-4H3;4-8H,1-3H3. The van der Waals surface area contributed by atoms with Gasteiger partial charge in [0.2, 0.25) is 5.91 Å². The van der Waals surface area contributed by atoms with Crippen molar-refractivity contribution in [3.05, 3.63) is 147 Å². The van der Waals surface area contributed by atoms with E-state index in [-0.39, 0.29) is 11.9 Å². The Morgan fingerprint density at radius 2 is 1.47 bits per heavy atom. The van der Waals surface area contributed by atoms with Crippen molar-refractivity contribution in [3.8, 4) is 6.07 Å². The molecule has 55 heavy (non-hydrogen) atoms. The fourth-order valence-corrected chi connectivity index (χ4v) is 6.61. The molecule has 0 saturated carbocycles. The second kappa shape index (κ2) is 24.3. The predicted octanol–water partition coefficient (Wildman–Crippen LogP) is 12.3. The summed E-state index contributed by atoms with van der Waals surface area (Å²) in [4.78, 5) is 32.3. The van der Waals surface area contributed by atoms with Crippen molar-refractivity contribution < 1.29 is 14.3 Å². The number of carbonyl (C=O) groups is 2. The van der Waals surface area contributed by atoms with Crippen LogP contribution >= 0.6 is 11.3 Å². The monoisotopic (exact) mass is 760 g/mol. The molecule has 0 saturated heterocycles. The first-order valence-electron chi connectivity index (χ1n) is 19.1. The van der Waals surface area contributed by atoms with E-state index in [4.69, 9.17) is 10.00 Å². The molecule has 0 radical (unpaired) electrons. The zero-order chi connectivity index (χ0) is 40.9. The number of rotatable bonds is 10. The third kappa shape index (κ3) is 16.4. The van der Waals surface area contributed by atoms with Crippen LogP contribution in [0.2, 0.25) is 0 Å². The molecule has 292 valence electrons. The first-order chi connectivity index (χ1) is 26.2. The van der Waals surface area contributed by atoms with E-state index in [1.807, 2.05) is 39.1 Å². The van der Waals surface area contributed by atoms with Gasteiger partial charge >= 0.3 is 5.97 Å². The summed E-state index contributed by atoms with van der Waals surface area (Å²) >= 11 is 1.43. The molecule has 2 heterocycles. The molecule has 2 aromatic heterocycles. The van der Waals surface area contributed by atoms with Crippen LogP contribution in [-0.4, -0.2) is 28.5 Å². The average Bonchev–Trinajstić information content (AvgIpc) is 3.55. The lowest BCUT2D eigenvalue weighted by molar-refractivity contribution is -0.116. The number of aryl methyl sites for hydroxylation is 2. The molecule has 0 spiro atoms.